The minimum Gasteiger partial charge on any atom is -0.361 e. The third kappa shape index (κ3) is 3.08. The van der Waals surface area contributed by atoms with Gasteiger partial charge in [0.15, 0.2) is 5.69 Å². The normalized spacial score (nSPS) is 21.6. The van der Waals surface area contributed by atoms with Gasteiger partial charge in [0.25, 0.3) is 5.91 Å². The number of carbonyl (C=O) groups excluding carboxylic acids is 2. The number of aromatic nitrogens is 3. The molecule has 0 saturated carbocycles. The summed E-state index contributed by atoms with van der Waals surface area (Å²) in [5, 5.41) is 11.9. The number of nitrogens with one attached hydrogen (secondary N) is 1. The van der Waals surface area contributed by atoms with Crippen molar-refractivity contribution in [2.24, 2.45) is 0 Å². The number of fused-ring (bicyclic) bond motifs is 2. The second-order valence-corrected chi connectivity index (χ2v) is 7.88. The Morgan fingerprint density at radius 3 is 2.83 bits per heavy atom. The summed E-state index contributed by atoms with van der Waals surface area (Å²) >= 11 is 0. The summed E-state index contributed by atoms with van der Waals surface area (Å²) in [4.78, 5) is 30.0. The molecule has 2 amide bonds. The second kappa shape index (κ2) is 7.02. The molecule has 150 valence electrons. The first-order chi connectivity index (χ1) is 14.1. The van der Waals surface area contributed by atoms with Crippen LogP contribution in [0.3, 0.4) is 0 Å². The zero-order chi connectivity index (χ0) is 20.0. The summed E-state index contributed by atoms with van der Waals surface area (Å²) in [7, 11) is 0. The molecular weight excluding hydrogens is 370 g/mol. The Morgan fingerprint density at radius 1 is 1.17 bits per heavy atom. The summed E-state index contributed by atoms with van der Waals surface area (Å²) < 4.78 is 5.21. The fourth-order valence-corrected chi connectivity index (χ4v) is 4.76. The predicted molar refractivity (Wildman–Crippen MR) is 105 cm³/mol. The standard InChI is InChI=1S/C21H23N5O3/c1-13-11-14(29-24-13)12-19(27)25-10-8-18-17(25)7-4-9-26(18)21(28)20-15-5-2-3-6-16(15)22-23-20/h2-3,5-6,11,17-18H,4,7-10,12H2,1H3,(H,22,23)/t17-,18-/m1/s1. The van der Waals surface area contributed by atoms with Gasteiger partial charge < -0.3 is 14.3 Å². The van der Waals surface area contributed by atoms with Gasteiger partial charge in [-0.1, -0.05) is 23.4 Å². The summed E-state index contributed by atoms with van der Waals surface area (Å²) in [5.74, 6) is 0.563. The van der Waals surface area contributed by atoms with Gasteiger partial charge in [-0.3, -0.25) is 14.7 Å². The Kier molecular flexibility index (Phi) is 4.34. The van der Waals surface area contributed by atoms with Crippen molar-refractivity contribution >= 4 is 22.7 Å². The molecule has 4 heterocycles. The van der Waals surface area contributed by atoms with Gasteiger partial charge in [0.1, 0.15) is 5.76 Å². The van der Waals surface area contributed by atoms with Gasteiger partial charge in [-0.05, 0) is 32.3 Å². The molecule has 29 heavy (non-hydrogen) atoms. The quantitative estimate of drug-likeness (QED) is 0.737. The molecule has 2 saturated heterocycles. The van der Waals surface area contributed by atoms with Crippen LogP contribution in [-0.2, 0) is 11.2 Å². The van der Waals surface area contributed by atoms with E-state index in [2.05, 4.69) is 15.4 Å². The monoisotopic (exact) mass is 393 g/mol. The number of carbonyl (C=O) groups is 2. The number of benzene rings is 1. The number of hydrogen-bond acceptors (Lipinski definition) is 5. The lowest BCUT2D eigenvalue weighted by Gasteiger charge is -2.39. The Hall–Kier alpha value is -3.16. The minimum absolute atomic E-state index is 0.0344. The van der Waals surface area contributed by atoms with E-state index in [-0.39, 0.29) is 30.3 Å². The first-order valence-electron chi connectivity index (χ1n) is 10.1. The number of aromatic amines is 1. The molecule has 1 aromatic carbocycles. The van der Waals surface area contributed by atoms with E-state index in [0.717, 1.165) is 35.9 Å². The maximum atomic E-state index is 13.3. The molecule has 5 rings (SSSR count). The number of hydrogen-bond donors (Lipinski definition) is 1. The van der Waals surface area contributed by atoms with Crippen molar-refractivity contribution in [1.82, 2.24) is 25.2 Å². The highest BCUT2D eigenvalue weighted by Gasteiger charge is 2.44. The highest BCUT2D eigenvalue weighted by molar-refractivity contribution is 6.04. The lowest BCUT2D eigenvalue weighted by Crippen LogP contribution is -2.53. The van der Waals surface area contributed by atoms with Crippen LogP contribution in [0.5, 0.6) is 0 Å². The lowest BCUT2D eigenvalue weighted by molar-refractivity contribution is -0.132. The van der Waals surface area contributed by atoms with Crippen LogP contribution in [0.25, 0.3) is 10.9 Å². The second-order valence-electron chi connectivity index (χ2n) is 7.88. The molecule has 1 N–H and O–H groups in total. The van der Waals surface area contributed by atoms with Gasteiger partial charge in [-0.15, -0.1) is 0 Å². The van der Waals surface area contributed by atoms with Crippen molar-refractivity contribution in [1.29, 1.82) is 0 Å². The summed E-state index contributed by atoms with van der Waals surface area (Å²) in [6.07, 6.45) is 2.79. The largest absolute Gasteiger partial charge is 0.361 e. The van der Waals surface area contributed by atoms with Crippen molar-refractivity contribution in [2.75, 3.05) is 13.1 Å². The van der Waals surface area contributed by atoms with E-state index in [1.165, 1.54) is 0 Å². The number of H-pyrrole nitrogens is 1. The first kappa shape index (κ1) is 17.9. The molecule has 0 spiro atoms. The average Bonchev–Trinajstić information content (AvgIpc) is 3.45. The van der Waals surface area contributed by atoms with Crippen molar-refractivity contribution in [3.63, 3.8) is 0 Å². The van der Waals surface area contributed by atoms with Crippen LogP contribution in [0.2, 0.25) is 0 Å². The number of nitrogens with zero attached hydrogens (tertiary/aromatic N) is 4. The van der Waals surface area contributed by atoms with E-state index in [1.807, 2.05) is 41.0 Å². The number of amides is 2. The van der Waals surface area contributed by atoms with E-state index < -0.39 is 0 Å². The van der Waals surface area contributed by atoms with Gasteiger partial charge in [-0.25, -0.2) is 0 Å². The van der Waals surface area contributed by atoms with Crippen LogP contribution < -0.4 is 0 Å². The molecule has 8 nitrogen and oxygen atoms in total. The summed E-state index contributed by atoms with van der Waals surface area (Å²) in [5.41, 5.74) is 2.09. The molecule has 0 bridgehead atoms. The fourth-order valence-electron chi connectivity index (χ4n) is 4.76. The van der Waals surface area contributed by atoms with Crippen molar-refractivity contribution in [3.05, 3.63) is 47.5 Å². The minimum atomic E-state index is -0.0580. The Bertz CT molecular complexity index is 1070. The highest BCUT2D eigenvalue weighted by atomic mass is 16.5. The van der Waals surface area contributed by atoms with Crippen molar-refractivity contribution < 1.29 is 14.1 Å². The van der Waals surface area contributed by atoms with E-state index in [0.29, 0.717) is 24.5 Å². The Morgan fingerprint density at radius 2 is 2.00 bits per heavy atom. The summed E-state index contributed by atoms with van der Waals surface area (Å²) in [6.45, 7) is 3.20. The zero-order valence-electron chi connectivity index (χ0n) is 16.3. The van der Waals surface area contributed by atoms with Crippen LogP contribution in [0, 0.1) is 6.92 Å². The zero-order valence-corrected chi connectivity index (χ0v) is 16.3. The van der Waals surface area contributed by atoms with Gasteiger partial charge in [0, 0.05) is 24.5 Å². The number of piperidine rings is 1. The van der Waals surface area contributed by atoms with E-state index in [9.17, 15) is 9.59 Å². The topological polar surface area (TPSA) is 95.3 Å². The number of likely N-dealkylation sites (tertiary alicyclic amines) is 2. The smallest absolute Gasteiger partial charge is 0.275 e. The molecule has 2 fully saturated rings. The van der Waals surface area contributed by atoms with Gasteiger partial charge in [0.2, 0.25) is 5.91 Å². The maximum Gasteiger partial charge on any atom is 0.275 e. The van der Waals surface area contributed by atoms with E-state index in [4.69, 9.17) is 4.52 Å². The molecule has 3 aromatic rings. The highest BCUT2D eigenvalue weighted by Crippen LogP contribution is 2.33. The molecule has 2 aliphatic rings. The van der Waals surface area contributed by atoms with Gasteiger partial charge >= 0.3 is 0 Å². The van der Waals surface area contributed by atoms with Gasteiger partial charge in [0.05, 0.1) is 29.7 Å². The number of aryl methyl sites for hydroxylation is 1. The number of rotatable bonds is 3. The fraction of sp³-hybridized carbons (Fsp3) is 0.429. The molecule has 0 unspecified atom stereocenters. The third-order valence-electron chi connectivity index (χ3n) is 6.07. The van der Waals surface area contributed by atoms with Gasteiger partial charge in [-0.2, -0.15) is 5.10 Å². The molecule has 2 aromatic heterocycles. The molecule has 0 radical (unpaired) electrons. The van der Waals surface area contributed by atoms with Crippen LogP contribution in [0.4, 0.5) is 0 Å². The Balaban J connectivity index is 1.35. The third-order valence-corrected chi connectivity index (χ3v) is 6.07. The summed E-state index contributed by atoms with van der Waals surface area (Å²) in [6, 6.07) is 9.54. The lowest BCUT2D eigenvalue weighted by atomic mass is 9.96. The molecule has 2 aliphatic heterocycles. The average molecular weight is 393 g/mol. The van der Waals surface area contributed by atoms with Crippen LogP contribution in [0.1, 0.15) is 41.2 Å². The van der Waals surface area contributed by atoms with Crippen molar-refractivity contribution in [3.8, 4) is 0 Å². The Labute approximate surface area is 167 Å². The van der Waals surface area contributed by atoms with Crippen LogP contribution in [-0.4, -0.2) is 62.1 Å². The number of para-hydroxylation sites is 1. The molecule has 0 aliphatic carbocycles. The molecular formula is C21H23N5O3. The first-order valence-corrected chi connectivity index (χ1v) is 10.1. The maximum absolute atomic E-state index is 13.3. The van der Waals surface area contributed by atoms with Crippen molar-refractivity contribution in [2.45, 2.75) is 44.7 Å². The predicted octanol–water partition coefficient (Wildman–Crippen LogP) is 2.31. The van der Waals surface area contributed by atoms with E-state index in [1.54, 1.807) is 6.07 Å². The van der Waals surface area contributed by atoms with Crippen LogP contribution in [0.15, 0.2) is 34.9 Å². The van der Waals surface area contributed by atoms with E-state index >= 15 is 0 Å². The SMILES string of the molecule is Cc1cc(CC(=O)N2CC[C@@H]3[C@H]2CCCN3C(=O)c2n[nH]c3ccccc23)on1. The molecule has 8 heteroatoms. The van der Waals surface area contributed by atoms with Crippen LogP contribution >= 0.6 is 0 Å². The molecule has 2 atom stereocenters.